The first-order chi connectivity index (χ1) is 46.5. The van der Waals surface area contributed by atoms with E-state index in [0.717, 1.165) is 28.4 Å². The molecule has 8 aliphatic rings. The van der Waals surface area contributed by atoms with Crippen LogP contribution in [0.1, 0.15) is 0 Å². The number of methoxy groups -OCH3 is 8. The van der Waals surface area contributed by atoms with E-state index in [1.54, 1.807) is 0 Å². The molecule has 41 nitrogen and oxygen atoms in total. The Bertz CT molecular complexity index is 2280. The Morgan fingerprint density at radius 2 is 0.340 bits per heavy atom. The van der Waals surface area contributed by atoms with E-state index < -0.39 is 299 Å². The molecule has 41 heteroatoms. The van der Waals surface area contributed by atoms with Crippen LogP contribution in [0.15, 0.2) is 0 Å². The zero-order valence-corrected chi connectivity index (χ0v) is 54.2. The molecule has 0 aromatic rings. The minimum absolute atomic E-state index is 0.707. The fourth-order valence-electron chi connectivity index (χ4n) is 13.6. The highest BCUT2D eigenvalue weighted by Crippen LogP contribution is 2.41. The van der Waals surface area contributed by atoms with Gasteiger partial charge in [-0.25, -0.2) is 0 Å². The molecule has 0 amide bonds. The van der Waals surface area contributed by atoms with Crippen molar-refractivity contribution in [3.63, 3.8) is 0 Å². The zero-order valence-electron chi connectivity index (χ0n) is 54.2. The van der Waals surface area contributed by atoms with Crippen LogP contribution in [0.25, 0.3) is 0 Å². The Morgan fingerprint density at radius 1 is 0.186 bits per heavy atom. The third-order valence-corrected chi connectivity index (χ3v) is 18.6. The van der Waals surface area contributed by atoms with Gasteiger partial charge in [0.15, 0.2) is 50.3 Å². The van der Waals surface area contributed by atoms with Gasteiger partial charge in [0.1, 0.15) is 195 Å². The van der Waals surface area contributed by atoms with E-state index in [9.17, 15) is 91.9 Å². The second-order valence-corrected chi connectivity index (χ2v) is 24.0. The Kier molecular flexibility index (Phi) is 30.8. The summed E-state index contributed by atoms with van der Waals surface area (Å²) in [6.07, 6.45) is -63.6. The summed E-state index contributed by atoms with van der Waals surface area (Å²) in [5.41, 5.74) is 0. The van der Waals surface area contributed by atoms with Gasteiger partial charge in [0.05, 0.1) is 52.9 Å². The van der Waals surface area contributed by atoms with E-state index in [0.29, 0.717) is 0 Å². The fourth-order valence-corrected chi connectivity index (χ4v) is 13.6. The molecule has 0 aliphatic carbocycles. The van der Waals surface area contributed by atoms with Crippen molar-refractivity contribution in [1.29, 1.82) is 0 Å². The molecule has 0 bridgehead atoms. The van der Waals surface area contributed by atoms with Gasteiger partial charge in [-0.2, -0.15) is 0 Å². The van der Waals surface area contributed by atoms with Crippen LogP contribution in [-0.4, -0.2) is 447 Å². The Hall–Kier alpha value is -1.64. The SMILES string of the molecule is CO[C@@H]1[C@H](O)[C@@H](O[C@H]2[C@H](OC)[C@H](O)[C@@H](O[C@H]3[C@H](OC)[C@@H](O)[C@@H](O[C@H]4[C@H](OC)[C@H](O)[C@@H](O[C@H]5[C@H](OC)[C@H](O)[C@@H](O[C@H]6[C@H](OC)[C@H](O)[C@@H](O[C@H]7[C@H](OC)[C@H](O)[C@@H](O[C@H]8[C@H](OC)[C@H](O)C(O)O[C@@H]8CO)O[C@@H]7CO)O[C@@H]6CO)O[C@@H]5CO)O[C@@H]4CO)O[C@@H]3CO)O[C@@H]2CO)O[C@H](CO)[C@H]1O. The van der Waals surface area contributed by atoms with Gasteiger partial charge in [-0.15, -0.1) is 0 Å². The Balaban J connectivity index is 0.901. The van der Waals surface area contributed by atoms with Crippen LogP contribution in [0.5, 0.6) is 0 Å². The molecule has 97 heavy (non-hydrogen) atoms. The summed E-state index contributed by atoms with van der Waals surface area (Å²) < 4.78 is 134. The second-order valence-electron chi connectivity index (χ2n) is 24.0. The van der Waals surface area contributed by atoms with Gasteiger partial charge in [-0.1, -0.05) is 0 Å². The van der Waals surface area contributed by atoms with E-state index in [4.69, 9.17) is 109 Å². The largest absolute Gasteiger partial charge is 0.394 e. The molecule has 0 aromatic carbocycles. The Labute approximate surface area is 555 Å². The van der Waals surface area contributed by atoms with Gasteiger partial charge in [0.2, 0.25) is 0 Å². The molecular formula is C56H98O41. The molecule has 8 rings (SSSR count). The van der Waals surface area contributed by atoms with E-state index in [1.165, 1.54) is 28.4 Å². The van der Waals surface area contributed by atoms with Crippen LogP contribution in [0.2, 0.25) is 0 Å². The molecule has 1 unspecified atom stereocenters. The highest BCUT2D eigenvalue weighted by molar-refractivity contribution is 5.03. The average molecular weight is 1430 g/mol. The van der Waals surface area contributed by atoms with E-state index in [-0.39, 0.29) is 0 Å². The summed E-state index contributed by atoms with van der Waals surface area (Å²) in [4.78, 5) is 0. The second kappa shape index (κ2) is 36.9. The van der Waals surface area contributed by atoms with Gasteiger partial charge in [0, 0.05) is 56.9 Å². The molecule has 0 radical (unpaired) electrons. The van der Waals surface area contributed by atoms with Crippen molar-refractivity contribution in [2.45, 2.75) is 246 Å². The number of ether oxygens (including phenoxy) is 23. The number of hydrogen-bond acceptors (Lipinski definition) is 41. The Morgan fingerprint density at radius 3 is 0.515 bits per heavy atom. The molecule has 8 fully saturated rings. The maximum atomic E-state index is 11.9. The van der Waals surface area contributed by atoms with Crippen molar-refractivity contribution in [2.24, 2.45) is 0 Å². The van der Waals surface area contributed by atoms with Crippen molar-refractivity contribution in [3.8, 4) is 0 Å². The predicted octanol–water partition coefficient (Wildman–Crippen LogP) is -13.2. The summed E-state index contributed by atoms with van der Waals surface area (Å²) >= 11 is 0. The standard InChI is InChI=1S/C56H98O41/c1-75-41-25(65)17(9-57)84-50(27(41)67)92-35-19(11-59)86-52(29(69)43(35)77-3)94-37-21(13-61)88-54(31(71)45(37)79-5)96-39-23(15-63)90-56(33(73)47(39)81-7)97-40-24(16-64)89-55(32(72)48(40)82-8)95-38-22(14-62)87-53(30(70)46(38)80-6)93-36-20(12-60)85-51(28(68)44(36)78-4)91-34-18(10-58)83-49(74)26(66)42(34)76-2/h17-74H,9-16H2,1-8H3/t17-,18-,19-,20-,21-,22-,23-,24-,25-,26+,27+,28+,29+,30+,31-,32+,33+,34-,35-,36-,37-,38-,39-,40-,41+,42-,43-,44-,45-,46-,47-,48-,49?,50-,51-,52-,53-,54-,55-,56-/m1/s1. The molecule has 8 saturated heterocycles. The van der Waals surface area contributed by atoms with Gasteiger partial charge in [0.25, 0.3) is 0 Å². The molecular weight excluding hydrogens is 1330 g/mol. The first-order valence-corrected chi connectivity index (χ1v) is 31.3. The van der Waals surface area contributed by atoms with Crippen molar-refractivity contribution in [1.82, 2.24) is 0 Å². The van der Waals surface area contributed by atoms with Crippen molar-refractivity contribution >= 4 is 0 Å². The lowest BCUT2D eigenvalue weighted by Crippen LogP contribution is -2.69. The number of aliphatic hydroxyl groups excluding tert-OH is 18. The monoisotopic (exact) mass is 1430 g/mol. The third-order valence-electron chi connectivity index (χ3n) is 18.6. The van der Waals surface area contributed by atoms with Gasteiger partial charge < -0.3 is 201 Å². The maximum Gasteiger partial charge on any atom is 0.187 e. The average Bonchev–Trinajstić information content (AvgIpc) is 0.778. The smallest absolute Gasteiger partial charge is 0.187 e. The minimum atomic E-state index is -1.90. The molecule has 8 aliphatic heterocycles. The van der Waals surface area contributed by atoms with Crippen LogP contribution in [0, 0.1) is 0 Å². The molecule has 0 spiro atoms. The fraction of sp³-hybridized carbons (Fsp3) is 1.00. The summed E-state index contributed by atoms with van der Waals surface area (Å²) in [6.45, 7) is -6.65. The van der Waals surface area contributed by atoms with Crippen LogP contribution in [0.3, 0.4) is 0 Å². The van der Waals surface area contributed by atoms with Gasteiger partial charge in [-0.3, -0.25) is 0 Å². The molecule has 18 N–H and O–H groups in total. The number of aliphatic hydroxyl groups is 18. The van der Waals surface area contributed by atoms with E-state index >= 15 is 0 Å². The highest BCUT2D eigenvalue weighted by atomic mass is 16.8. The van der Waals surface area contributed by atoms with Crippen molar-refractivity contribution in [2.75, 3.05) is 110 Å². The summed E-state index contributed by atoms with van der Waals surface area (Å²) in [6, 6.07) is 0. The lowest BCUT2D eigenvalue weighted by atomic mass is 9.94. The quantitative estimate of drug-likeness (QED) is 0.0318. The lowest BCUT2D eigenvalue weighted by Gasteiger charge is -2.51. The normalized spacial score (nSPS) is 50.2. The highest BCUT2D eigenvalue weighted by Gasteiger charge is 2.61. The third kappa shape index (κ3) is 16.9. The van der Waals surface area contributed by atoms with Crippen LogP contribution >= 0.6 is 0 Å². The number of hydrogen-bond donors (Lipinski definition) is 18. The predicted molar refractivity (Wildman–Crippen MR) is 303 cm³/mol. The summed E-state index contributed by atoms with van der Waals surface area (Å²) in [5.74, 6) is 0. The summed E-state index contributed by atoms with van der Waals surface area (Å²) in [7, 11) is 9.35. The van der Waals surface area contributed by atoms with Crippen molar-refractivity contribution in [3.05, 3.63) is 0 Å². The van der Waals surface area contributed by atoms with Gasteiger partial charge in [-0.05, 0) is 0 Å². The molecule has 0 aromatic heterocycles. The maximum absolute atomic E-state index is 11.9. The lowest BCUT2D eigenvalue weighted by molar-refractivity contribution is -0.401. The van der Waals surface area contributed by atoms with Gasteiger partial charge >= 0.3 is 0 Å². The van der Waals surface area contributed by atoms with E-state index in [2.05, 4.69) is 0 Å². The summed E-state index contributed by atoms with van der Waals surface area (Å²) in [5, 5.41) is 197. The number of rotatable bonds is 30. The van der Waals surface area contributed by atoms with Crippen molar-refractivity contribution < 1.29 is 201 Å². The zero-order chi connectivity index (χ0) is 71.0. The molecule has 8 heterocycles. The first kappa shape index (κ1) is 81.0. The molecule has 568 valence electrons. The van der Waals surface area contributed by atoms with E-state index in [1.807, 2.05) is 0 Å². The topological polar surface area (TPSA) is 576 Å². The van der Waals surface area contributed by atoms with Crippen LogP contribution in [0.4, 0.5) is 0 Å². The molecule has 40 atom stereocenters. The van der Waals surface area contributed by atoms with Crippen LogP contribution < -0.4 is 0 Å². The molecule has 0 saturated carbocycles. The van der Waals surface area contributed by atoms with Crippen LogP contribution in [-0.2, 0) is 109 Å². The minimum Gasteiger partial charge on any atom is -0.394 e. The first-order valence-electron chi connectivity index (χ1n) is 31.3.